The summed E-state index contributed by atoms with van der Waals surface area (Å²) in [4.78, 5) is 27.3. The van der Waals surface area contributed by atoms with Gasteiger partial charge >= 0.3 is 0 Å². The zero-order valence-electron chi connectivity index (χ0n) is 15.4. The van der Waals surface area contributed by atoms with Gasteiger partial charge < -0.3 is 19.4 Å². The first kappa shape index (κ1) is 17.6. The van der Waals surface area contributed by atoms with Crippen LogP contribution in [0.3, 0.4) is 0 Å². The number of methoxy groups -OCH3 is 1. The molecule has 2 aromatic rings. The van der Waals surface area contributed by atoms with Crippen molar-refractivity contribution in [2.24, 2.45) is 11.8 Å². The Morgan fingerprint density at radius 1 is 1.22 bits per heavy atom. The second-order valence-corrected chi connectivity index (χ2v) is 7.37. The molecule has 1 aromatic heterocycles. The number of furan rings is 1. The fourth-order valence-corrected chi connectivity index (χ4v) is 3.70. The third-order valence-corrected chi connectivity index (χ3v) is 5.46. The monoisotopic (exact) mass is 368 g/mol. The van der Waals surface area contributed by atoms with Gasteiger partial charge in [-0.05, 0) is 48.6 Å². The lowest BCUT2D eigenvalue weighted by Crippen LogP contribution is -2.36. The summed E-state index contributed by atoms with van der Waals surface area (Å²) in [6.07, 6.45) is 3.86. The van der Waals surface area contributed by atoms with Gasteiger partial charge in [-0.2, -0.15) is 0 Å². The van der Waals surface area contributed by atoms with E-state index in [4.69, 9.17) is 9.15 Å². The van der Waals surface area contributed by atoms with E-state index in [2.05, 4.69) is 5.32 Å². The number of benzene rings is 1. The van der Waals surface area contributed by atoms with E-state index in [0.29, 0.717) is 24.8 Å². The summed E-state index contributed by atoms with van der Waals surface area (Å²) in [5, 5.41) is 3.08. The van der Waals surface area contributed by atoms with E-state index in [1.54, 1.807) is 24.1 Å². The number of carbonyl (C=O) groups excluding carboxylic acids is 2. The summed E-state index contributed by atoms with van der Waals surface area (Å²) >= 11 is 0. The van der Waals surface area contributed by atoms with Crippen molar-refractivity contribution in [3.63, 3.8) is 0 Å². The zero-order chi connectivity index (χ0) is 18.8. The molecular formula is C21H24N2O4. The minimum Gasteiger partial charge on any atom is -0.497 e. The van der Waals surface area contributed by atoms with Crippen molar-refractivity contribution in [3.05, 3.63) is 54.0 Å². The maximum atomic E-state index is 12.9. The third kappa shape index (κ3) is 3.84. The van der Waals surface area contributed by atoms with Crippen LogP contribution in [0.25, 0.3) is 0 Å². The Balaban J connectivity index is 1.56. The topological polar surface area (TPSA) is 71.8 Å². The highest BCUT2D eigenvalue weighted by molar-refractivity contribution is 5.92. The minimum atomic E-state index is -0.283. The average Bonchev–Trinajstić information content (AvgIpc) is 3.19. The number of nitrogens with one attached hydrogen (secondary N) is 1. The molecule has 6 nitrogen and oxygen atoms in total. The summed E-state index contributed by atoms with van der Waals surface area (Å²) in [5.41, 5.74) is 1.01. The molecule has 6 heteroatoms. The van der Waals surface area contributed by atoms with Crippen molar-refractivity contribution in [1.29, 1.82) is 0 Å². The Morgan fingerprint density at radius 2 is 2.07 bits per heavy atom. The van der Waals surface area contributed by atoms with Gasteiger partial charge in [0.1, 0.15) is 5.75 Å². The van der Waals surface area contributed by atoms with Crippen molar-refractivity contribution in [2.75, 3.05) is 26.7 Å². The molecule has 1 aromatic carbocycles. The van der Waals surface area contributed by atoms with Crippen LogP contribution in [-0.4, -0.2) is 43.5 Å². The van der Waals surface area contributed by atoms with Crippen molar-refractivity contribution in [2.45, 2.75) is 18.8 Å². The van der Waals surface area contributed by atoms with Gasteiger partial charge in [-0.15, -0.1) is 0 Å². The fraction of sp³-hybridized carbons (Fsp3) is 0.429. The summed E-state index contributed by atoms with van der Waals surface area (Å²) < 4.78 is 10.6. The molecule has 2 amide bonds. The number of amides is 2. The van der Waals surface area contributed by atoms with Crippen molar-refractivity contribution >= 4 is 11.8 Å². The van der Waals surface area contributed by atoms with E-state index in [-0.39, 0.29) is 23.7 Å². The molecule has 0 radical (unpaired) electrons. The van der Waals surface area contributed by atoms with Gasteiger partial charge in [0.05, 0.1) is 19.3 Å². The summed E-state index contributed by atoms with van der Waals surface area (Å²) in [5.74, 6) is 1.16. The normalized spacial score (nSPS) is 21.9. The standard InChI is InChI=1S/C21H24N2O4/c1-26-16-5-2-4-15(10-16)17-12-23(21(25)19-6-3-9-27-19)13-18(17)20(24)22-11-14-7-8-14/h2-6,9-10,14,17-18H,7-8,11-13H2,1H3,(H,22,24). The van der Waals surface area contributed by atoms with Gasteiger partial charge in [-0.1, -0.05) is 12.1 Å². The summed E-state index contributed by atoms with van der Waals surface area (Å²) in [6, 6.07) is 11.1. The van der Waals surface area contributed by atoms with Gasteiger partial charge in [0.15, 0.2) is 5.76 Å². The lowest BCUT2D eigenvalue weighted by atomic mass is 9.88. The Morgan fingerprint density at radius 3 is 2.78 bits per heavy atom. The van der Waals surface area contributed by atoms with Gasteiger partial charge in [0, 0.05) is 25.6 Å². The van der Waals surface area contributed by atoms with Crippen molar-refractivity contribution in [3.8, 4) is 5.75 Å². The largest absolute Gasteiger partial charge is 0.497 e. The maximum Gasteiger partial charge on any atom is 0.289 e. The molecule has 27 heavy (non-hydrogen) atoms. The smallest absolute Gasteiger partial charge is 0.289 e. The highest BCUT2D eigenvalue weighted by Gasteiger charge is 2.41. The molecule has 2 fully saturated rings. The van der Waals surface area contributed by atoms with Gasteiger partial charge in [0.2, 0.25) is 5.91 Å². The van der Waals surface area contributed by atoms with E-state index in [9.17, 15) is 9.59 Å². The molecule has 0 spiro atoms. The second kappa shape index (κ2) is 7.47. The maximum absolute atomic E-state index is 12.9. The lowest BCUT2D eigenvalue weighted by Gasteiger charge is -2.18. The minimum absolute atomic E-state index is 0.0180. The first-order valence-corrected chi connectivity index (χ1v) is 9.40. The highest BCUT2D eigenvalue weighted by Crippen LogP contribution is 2.35. The Hall–Kier alpha value is -2.76. The molecule has 0 bridgehead atoms. The number of carbonyl (C=O) groups is 2. The molecule has 2 heterocycles. The predicted octanol–water partition coefficient (Wildman–Crippen LogP) is 2.67. The van der Waals surface area contributed by atoms with E-state index in [0.717, 1.165) is 17.9 Å². The highest BCUT2D eigenvalue weighted by atomic mass is 16.5. The van der Waals surface area contributed by atoms with Crippen LogP contribution in [-0.2, 0) is 4.79 Å². The first-order chi connectivity index (χ1) is 13.2. The Bertz CT molecular complexity index is 813. The number of hydrogen-bond acceptors (Lipinski definition) is 4. The van der Waals surface area contributed by atoms with Crippen LogP contribution in [0.2, 0.25) is 0 Å². The van der Waals surface area contributed by atoms with E-state index >= 15 is 0 Å². The number of hydrogen-bond donors (Lipinski definition) is 1. The van der Waals surface area contributed by atoms with Crippen LogP contribution >= 0.6 is 0 Å². The quantitative estimate of drug-likeness (QED) is 0.851. The molecule has 4 rings (SSSR count). The van der Waals surface area contributed by atoms with Crippen LogP contribution < -0.4 is 10.1 Å². The molecule has 1 saturated heterocycles. The Kier molecular flexibility index (Phi) is 4.88. The predicted molar refractivity (Wildman–Crippen MR) is 99.6 cm³/mol. The van der Waals surface area contributed by atoms with Crippen LogP contribution in [0.15, 0.2) is 47.1 Å². The number of nitrogens with zero attached hydrogens (tertiary/aromatic N) is 1. The molecule has 1 aliphatic heterocycles. The van der Waals surface area contributed by atoms with Crippen LogP contribution in [0.1, 0.15) is 34.9 Å². The average molecular weight is 368 g/mol. The molecule has 2 atom stereocenters. The molecule has 2 aliphatic rings. The Labute approximate surface area is 158 Å². The number of ether oxygens (including phenoxy) is 1. The van der Waals surface area contributed by atoms with E-state index in [1.807, 2.05) is 24.3 Å². The van der Waals surface area contributed by atoms with E-state index in [1.165, 1.54) is 19.1 Å². The third-order valence-electron chi connectivity index (χ3n) is 5.46. The van der Waals surface area contributed by atoms with Crippen molar-refractivity contribution in [1.82, 2.24) is 10.2 Å². The van der Waals surface area contributed by atoms with Crippen LogP contribution in [0, 0.1) is 11.8 Å². The lowest BCUT2D eigenvalue weighted by molar-refractivity contribution is -0.125. The summed E-state index contributed by atoms with van der Waals surface area (Å²) in [6.45, 7) is 1.60. The zero-order valence-corrected chi connectivity index (χ0v) is 15.4. The van der Waals surface area contributed by atoms with E-state index < -0.39 is 0 Å². The molecule has 1 aliphatic carbocycles. The molecular weight excluding hydrogens is 344 g/mol. The number of rotatable bonds is 6. The van der Waals surface area contributed by atoms with Crippen LogP contribution in [0.5, 0.6) is 5.75 Å². The SMILES string of the molecule is COc1cccc(C2CN(C(=O)c3ccco3)CC2C(=O)NCC2CC2)c1. The molecule has 2 unspecified atom stereocenters. The van der Waals surface area contributed by atoms with Gasteiger partial charge in [-0.3, -0.25) is 9.59 Å². The second-order valence-electron chi connectivity index (χ2n) is 7.37. The van der Waals surface area contributed by atoms with Crippen LogP contribution in [0.4, 0.5) is 0 Å². The molecule has 1 saturated carbocycles. The summed E-state index contributed by atoms with van der Waals surface area (Å²) in [7, 11) is 1.63. The van der Waals surface area contributed by atoms with Crippen molar-refractivity contribution < 1.29 is 18.7 Å². The fourth-order valence-electron chi connectivity index (χ4n) is 3.70. The molecule has 1 N–H and O–H groups in total. The van der Waals surface area contributed by atoms with Gasteiger partial charge in [0.25, 0.3) is 5.91 Å². The number of likely N-dealkylation sites (tertiary alicyclic amines) is 1. The first-order valence-electron chi connectivity index (χ1n) is 9.40. The molecule has 142 valence electrons. The van der Waals surface area contributed by atoms with Gasteiger partial charge in [-0.25, -0.2) is 0 Å².